The zero-order valence-electron chi connectivity index (χ0n) is 12.0. The number of benzene rings is 2. The van der Waals surface area contributed by atoms with E-state index in [9.17, 15) is 0 Å². The SMILES string of the molecule is Cc1ccc(CC(CCl)Cc2ccc(C)cc2Cl)cc1. The molecule has 2 aromatic rings. The van der Waals surface area contributed by atoms with Crippen molar-refractivity contribution in [1.82, 2.24) is 0 Å². The van der Waals surface area contributed by atoms with Gasteiger partial charge in [0.1, 0.15) is 0 Å². The summed E-state index contributed by atoms with van der Waals surface area (Å²) < 4.78 is 0. The molecular weight excluding hydrogens is 287 g/mol. The number of aryl methyl sites for hydroxylation is 2. The smallest absolute Gasteiger partial charge is 0.0440 e. The molecule has 1 unspecified atom stereocenters. The minimum absolute atomic E-state index is 0.416. The second-order valence-corrected chi connectivity index (χ2v) is 6.22. The molecule has 0 radical (unpaired) electrons. The molecular formula is C18H20Cl2. The molecule has 0 bridgehead atoms. The van der Waals surface area contributed by atoms with Gasteiger partial charge in [0.05, 0.1) is 0 Å². The Kier molecular flexibility index (Phi) is 5.51. The maximum atomic E-state index is 6.31. The highest BCUT2D eigenvalue weighted by Gasteiger charge is 2.12. The lowest BCUT2D eigenvalue weighted by atomic mass is 9.93. The second-order valence-electron chi connectivity index (χ2n) is 5.51. The molecule has 2 heteroatoms. The lowest BCUT2D eigenvalue weighted by molar-refractivity contribution is 0.584. The number of hydrogen-bond acceptors (Lipinski definition) is 0. The van der Waals surface area contributed by atoms with Gasteiger partial charge in [-0.15, -0.1) is 11.6 Å². The van der Waals surface area contributed by atoms with Crippen molar-refractivity contribution in [2.75, 3.05) is 5.88 Å². The summed E-state index contributed by atoms with van der Waals surface area (Å²) in [5.74, 6) is 1.07. The van der Waals surface area contributed by atoms with Gasteiger partial charge in [-0.2, -0.15) is 0 Å². The van der Waals surface area contributed by atoms with Gasteiger partial charge in [0.15, 0.2) is 0 Å². The molecule has 0 saturated heterocycles. The van der Waals surface area contributed by atoms with Gasteiger partial charge in [0, 0.05) is 10.9 Å². The van der Waals surface area contributed by atoms with Crippen molar-refractivity contribution in [2.45, 2.75) is 26.7 Å². The largest absolute Gasteiger partial charge is 0.126 e. The van der Waals surface area contributed by atoms with Crippen LogP contribution in [-0.4, -0.2) is 5.88 Å². The van der Waals surface area contributed by atoms with Crippen LogP contribution in [0.1, 0.15) is 22.3 Å². The fourth-order valence-corrected chi connectivity index (χ4v) is 2.90. The van der Waals surface area contributed by atoms with Crippen LogP contribution in [0, 0.1) is 19.8 Å². The maximum Gasteiger partial charge on any atom is 0.0440 e. The molecule has 2 rings (SSSR count). The lowest BCUT2D eigenvalue weighted by Crippen LogP contribution is -2.10. The monoisotopic (exact) mass is 306 g/mol. The van der Waals surface area contributed by atoms with E-state index in [1.807, 2.05) is 6.07 Å². The van der Waals surface area contributed by atoms with Crippen LogP contribution >= 0.6 is 23.2 Å². The third kappa shape index (κ3) is 4.26. The van der Waals surface area contributed by atoms with Gasteiger partial charge in [-0.1, -0.05) is 53.6 Å². The molecule has 0 saturated carbocycles. The molecule has 0 nitrogen and oxygen atoms in total. The first-order chi connectivity index (χ1) is 9.58. The molecule has 0 spiro atoms. The summed E-state index contributed by atoms with van der Waals surface area (Å²) >= 11 is 12.5. The van der Waals surface area contributed by atoms with E-state index in [-0.39, 0.29) is 0 Å². The first-order valence-electron chi connectivity index (χ1n) is 6.95. The van der Waals surface area contributed by atoms with Gasteiger partial charge in [0.2, 0.25) is 0 Å². The molecule has 20 heavy (non-hydrogen) atoms. The Morgan fingerprint density at radius 2 is 1.55 bits per heavy atom. The highest BCUT2D eigenvalue weighted by Crippen LogP contribution is 2.23. The topological polar surface area (TPSA) is 0 Å². The zero-order valence-corrected chi connectivity index (χ0v) is 13.5. The highest BCUT2D eigenvalue weighted by molar-refractivity contribution is 6.31. The molecule has 0 aliphatic rings. The van der Waals surface area contributed by atoms with Gasteiger partial charge in [-0.05, 0) is 55.4 Å². The summed E-state index contributed by atoms with van der Waals surface area (Å²) in [5.41, 5.74) is 5.01. The third-order valence-electron chi connectivity index (χ3n) is 3.58. The van der Waals surface area contributed by atoms with Gasteiger partial charge < -0.3 is 0 Å². The first kappa shape index (κ1) is 15.4. The standard InChI is InChI=1S/C18H20Cl2/c1-13-3-6-15(7-4-13)10-16(12-19)11-17-8-5-14(2)9-18(17)20/h3-9,16H,10-12H2,1-2H3. The van der Waals surface area contributed by atoms with E-state index in [2.05, 4.69) is 50.2 Å². The van der Waals surface area contributed by atoms with Crippen molar-refractivity contribution in [1.29, 1.82) is 0 Å². The van der Waals surface area contributed by atoms with Crippen LogP contribution in [0.2, 0.25) is 5.02 Å². The number of alkyl halides is 1. The Balaban J connectivity index is 2.07. The fourth-order valence-electron chi connectivity index (χ4n) is 2.37. The van der Waals surface area contributed by atoms with E-state index < -0.39 is 0 Å². The Morgan fingerprint density at radius 3 is 2.15 bits per heavy atom. The average molecular weight is 307 g/mol. The van der Waals surface area contributed by atoms with Crippen molar-refractivity contribution in [2.24, 2.45) is 5.92 Å². The van der Waals surface area contributed by atoms with E-state index in [1.165, 1.54) is 22.3 Å². The lowest BCUT2D eigenvalue weighted by Gasteiger charge is -2.15. The molecule has 0 heterocycles. The van der Waals surface area contributed by atoms with Gasteiger partial charge in [0.25, 0.3) is 0 Å². The minimum Gasteiger partial charge on any atom is -0.126 e. The number of hydrogen-bond donors (Lipinski definition) is 0. The summed E-state index contributed by atoms with van der Waals surface area (Å²) in [6.45, 7) is 4.16. The summed E-state index contributed by atoms with van der Waals surface area (Å²) in [6.07, 6.45) is 1.92. The molecule has 0 fully saturated rings. The van der Waals surface area contributed by atoms with Crippen molar-refractivity contribution in [3.63, 3.8) is 0 Å². The van der Waals surface area contributed by atoms with Gasteiger partial charge in [-0.25, -0.2) is 0 Å². The van der Waals surface area contributed by atoms with Crippen LogP contribution in [-0.2, 0) is 12.8 Å². The van der Waals surface area contributed by atoms with Crippen molar-refractivity contribution >= 4 is 23.2 Å². The third-order valence-corrected chi connectivity index (χ3v) is 4.37. The van der Waals surface area contributed by atoms with Crippen LogP contribution in [0.3, 0.4) is 0 Å². The Bertz CT molecular complexity index is 558. The van der Waals surface area contributed by atoms with Crippen LogP contribution < -0.4 is 0 Å². The van der Waals surface area contributed by atoms with Crippen molar-refractivity contribution in [3.05, 3.63) is 69.7 Å². The van der Waals surface area contributed by atoms with Crippen LogP contribution in [0.4, 0.5) is 0 Å². The van der Waals surface area contributed by atoms with Crippen LogP contribution in [0.25, 0.3) is 0 Å². The summed E-state index contributed by atoms with van der Waals surface area (Å²) in [6, 6.07) is 14.9. The zero-order chi connectivity index (χ0) is 14.5. The first-order valence-corrected chi connectivity index (χ1v) is 7.86. The number of halogens is 2. The molecule has 0 aromatic heterocycles. The molecule has 0 aliphatic carbocycles. The Labute approximate surface area is 131 Å². The van der Waals surface area contributed by atoms with Crippen molar-refractivity contribution in [3.8, 4) is 0 Å². The maximum absolute atomic E-state index is 6.31. The van der Waals surface area contributed by atoms with E-state index in [0.29, 0.717) is 11.8 Å². The average Bonchev–Trinajstić information content (AvgIpc) is 2.43. The summed E-state index contributed by atoms with van der Waals surface area (Å²) in [7, 11) is 0. The quantitative estimate of drug-likeness (QED) is 0.631. The van der Waals surface area contributed by atoms with Gasteiger partial charge in [-0.3, -0.25) is 0 Å². The normalized spacial score (nSPS) is 12.4. The number of rotatable bonds is 5. The van der Waals surface area contributed by atoms with E-state index in [0.717, 1.165) is 17.9 Å². The van der Waals surface area contributed by atoms with Crippen molar-refractivity contribution < 1.29 is 0 Å². The van der Waals surface area contributed by atoms with E-state index >= 15 is 0 Å². The Hall–Kier alpha value is -0.980. The predicted octanol–water partition coefficient (Wildman–Crippen LogP) is 5.60. The predicted molar refractivity (Wildman–Crippen MR) is 89.0 cm³/mol. The molecule has 0 aliphatic heterocycles. The molecule has 1 atom stereocenters. The highest BCUT2D eigenvalue weighted by atomic mass is 35.5. The Morgan fingerprint density at radius 1 is 0.900 bits per heavy atom. The van der Waals surface area contributed by atoms with Crippen LogP contribution in [0.5, 0.6) is 0 Å². The fraction of sp³-hybridized carbons (Fsp3) is 0.333. The molecule has 2 aromatic carbocycles. The molecule has 0 N–H and O–H groups in total. The van der Waals surface area contributed by atoms with E-state index in [1.54, 1.807) is 0 Å². The second kappa shape index (κ2) is 7.15. The van der Waals surface area contributed by atoms with Crippen LogP contribution in [0.15, 0.2) is 42.5 Å². The summed E-state index contributed by atoms with van der Waals surface area (Å²) in [5, 5.41) is 0.851. The summed E-state index contributed by atoms with van der Waals surface area (Å²) in [4.78, 5) is 0. The van der Waals surface area contributed by atoms with Gasteiger partial charge >= 0.3 is 0 Å². The molecule has 0 amide bonds. The van der Waals surface area contributed by atoms with E-state index in [4.69, 9.17) is 23.2 Å². The molecule has 106 valence electrons. The minimum atomic E-state index is 0.416.